The molecule has 0 saturated heterocycles. The molecule has 0 aromatic carbocycles. The van der Waals surface area contributed by atoms with Gasteiger partial charge in [0.15, 0.2) is 0 Å². The van der Waals surface area contributed by atoms with Gasteiger partial charge in [0.05, 0.1) is 5.75 Å². The summed E-state index contributed by atoms with van der Waals surface area (Å²) >= 11 is 0. The number of rotatable bonds is 9. The lowest BCUT2D eigenvalue weighted by Crippen LogP contribution is -2.30. The molecule has 2 rings (SSSR count). The fourth-order valence-electron chi connectivity index (χ4n) is 3.14. The van der Waals surface area contributed by atoms with Gasteiger partial charge in [-0.2, -0.15) is 0 Å². The first-order valence-corrected chi connectivity index (χ1v) is 9.53. The molecule has 0 aliphatic heterocycles. The van der Waals surface area contributed by atoms with Crippen molar-refractivity contribution in [3.8, 4) is 0 Å². The van der Waals surface area contributed by atoms with Crippen molar-refractivity contribution >= 4 is 10.0 Å². The van der Waals surface area contributed by atoms with Gasteiger partial charge in [0.25, 0.3) is 0 Å². The van der Waals surface area contributed by atoms with Gasteiger partial charge in [-0.15, -0.1) is 0 Å². The molecule has 0 aromatic rings. The van der Waals surface area contributed by atoms with Gasteiger partial charge in [0.2, 0.25) is 10.0 Å². The predicted octanol–water partition coefficient (Wildman–Crippen LogP) is 2.12. The molecule has 2 saturated carbocycles. The molecule has 5 heteroatoms. The summed E-state index contributed by atoms with van der Waals surface area (Å²) in [6.07, 6.45) is 4.25. The Bertz CT molecular complexity index is 425. The lowest BCUT2D eigenvalue weighted by molar-refractivity contribution is 0.457. The van der Waals surface area contributed by atoms with Crippen LogP contribution < -0.4 is 10.0 Å². The van der Waals surface area contributed by atoms with Crippen LogP contribution in [0.3, 0.4) is 0 Å². The summed E-state index contributed by atoms with van der Waals surface area (Å²) in [4.78, 5) is 0. The zero-order valence-corrected chi connectivity index (χ0v) is 14.1. The first-order valence-electron chi connectivity index (χ1n) is 7.87. The molecule has 0 spiro atoms. The van der Waals surface area contributed by atoms with Gasteiger partial charge in [0.1, 0.15) is 0 Å². The zero-order valence-electron chi connectivity index (χ0n) is 13.3. The summed E-state index contributed by atoms with van der Waals surface area (Å²) in [5.74, 6) is 0.703. The van der Waals surface area contributed by atoms with Gasteiger partial charge >= 0.3 is 0 Å². The van der Waals surface area contributed by atoms with Crippen molar-refractivity contribution in [1.82, 2.24) is 10.0 Å². The Kier molecular flexibility index (Phi) is 4.53. The molecule has 0 unspecified atom stereocenters. The van der Waals surface area contributed by atoms with Gasteiger partial charge < -0.3 is 5.32 Å². The quantitative estimate of drug-likeness (QED) is 0.641. The first kappa shape index (κ1) is 16.2. The van der Waals surface area contributed by atoms with E-state index < -0.39 is 10.0 Å². The van der Waals surface area contributed by atoms with E-state index in [4.69, 9.17) is 0 Å². The van der Waals surface area contributed by atoms with E-state index in [1.165, 1.54) is 12.8 Å². The van der Waals surface area contributed by atoms with Crippen molar-refractivity contribution in [2.75, 3.05) is 18.8 Å². The minimum atomic E-state index is -3.10. The van der Waals surface area contributed by atoms with Crippen LogP contribution >= 0.6 is 0 Å². The number of sulfonamides is 1. The summed E-state index contributed by atoms with van der Waals surface area (Å²) in [5, 5.41) is 3.41. The Morgan fingerprint density at radius 1 is 1.05 bits per heavy atom. The highest BCUT2D eigenvalue weighted by atomic mass is 32.2. The van der Waals surface area contributed by atoms with Gasteiger partial charge in [0, 0.05) is 12.6 Å². The fraction of sp³-hybridized carbons (Fsp3) is 1.00. The Hall–Kier alpha value is -0.130. The minimum Gasteiger partial charge on any atom is -0.314 e. The lowest BCUT2D eigenvalue weighted by Gasteiger charge is -2.08. The second kappa shape index (κ2) is 5.58. The highest BCUT2D eigenvalue weighted by molar-refractivity contribution is 7.89. The summed E-state index contributed by atoms with van der Waals surface area (Å²) in [6, 6.07) is 0.712. The third kappa shape index (κ3) is 3.74. The van der Waals surface area contributed by atoms with Crippen molar-refractivity contribution in [2.24, 2.45) is 16.7 Å². The van der Waals surface area contributed by atoms with Crippen LogP contribution in [0.4, 0.5) is 0 Å². The molecule has 20 heavy (non-hydrogen) atoms. The summed E-state index contributed by atoms with van der Waals surface area (Å²) < 4.78 is 26.7. The van der Waals surface area contributed by atoms with Crippen LogP contribution in [0.2, 0.25) is 0 Å². The van der Waals surface area contributed by atoms with E-state index in [0.717, 1.165) is 19.4 Å². The van der Waals surface area contributed by atoms with E-state index in [1.807, 2.05) is 0 Å². The normalized spacial score (nSPS) is 24.8. The number of hydrogen-bond donors (Lipinski definition) is 2. The Morgan fingerprint density at radius 3 is 2.15 bits per heavy atom. The lowest BCUT2D eigenvalue weighted by atomic mass is 10.0. The van der Waals surface area contributed by atoms with E-state index in [9.17, 15) is 8.42 Å². The molecule has 0 bridgehead atoms. The van der Waals surface area contributed by atoms with Crippen LogP contribution in [-0.2, 0) is 10.0 Å². The maximum Gasteiger partial charge on any atom is 0.211 e. The first-order chi connectivity index (χ1) is 9.17. The highest BCUT2D eigenvalue weighted by Gasteiger charge is 2.64. The maximum atomic E-state index is 12.0. The molecule has 0 radical (unpaired) electrons. The molecule has 0 amide bonds. The van der Waals surface area contributed by atoms with E-state index in [1.54, 1.807) is 0 Å². The van der Waals surface area contributed by atoms with Crippen LogP contribution in [0.1, 0.15) is 53.4 Å². The van der Waals surface area contributed by atoms with Gasteiger partial charge in [-0.05, 0) is 49.0 Å². The SMILES string of the molecule is CC1(C)C(CNS(=O)(=O)CCCCNC2CC2)C1(C)C. The third-order valence-corrected chi connectivity index (χ3v) is 7.11. The van der Waals surface area contributed by atoms with Crippen molar-refractivity contribution in [1.29, 1.82) is 0 Å². The second-order valence-electron chi connectivity index (χ2n) is 7.60. The summed E-state index contributed by atoms with van der Waals surface area (Å²) in [7, 11) is -3.10. The molecule has 0 atom stereocenters. The predicted molar refractivity (Wildman–Crippen MR) is 83.1 cm³/mol. The molecule has 0 heterocycles. The molecule has 2 aliphatic carbocycles. The Morgan fingerprint density at radius 2 is 1.65 bits per heavy atom. The average Bonchev–Trinajstić information content (AvgIpc) is 3.17. The van der Waals surface area contributed by atoms with Crippen molar-refractivity contribution in [3.05, 3.63) is 0 Å². The molecular weight excluding hydrogens is 272 g/mol. The molecule has 0 aromatic heterocycles. The van der Waals surface area contributed by atoms with Crippen molar-refractivity contribution < 1.29 is 8.42 Å². The van der Waals surface area contributed by atoms with E-state index >= 15 is 0 Å². The van der Waals surface area contributed by atoms with Crippen LogP contribution in [-0.4, -0.2) is 33.3 Å². The minimum absolute atomic E-state index is 0.240. The number of nitrogens with one attached hydrogen (secondary N) is 2. The third-order valence-electron chi connectivity index (χ3n) is 5.68. The van der Waals surface area contributed by atoms with Crippen LogP contribution in [0, 0.1) is 16.7 Å². The number of unbranched alkanes of at least 4 members (excludes halogenated alkanes) is 1. The molecule has 2 fully saturated rings. The smallest absolute Gasteiger partial charge is 0.211 e. The fourth-order valence-corrected chi connectivity index (χ4v) is 4.29. The maximum absolute atomic E-state index is 12.0. The Labute approximate surface area is 124 Å². The van der Waals surface area contributed by atoms with Crippen molar-refractivity contribution in [2.45, 2.75) is 59.4 Å². The van der Waals surface area contributed by atoms with Gasteiger partial charge in [-0.1, -0.05) is 27.7 Å². The Balaban J connectivity index is 1.61. The molecule has 4 nitrogen and oxygen atoms in total. The van der Waals surface area contributed by atoms with Gasteiger partial charge in [-0.3, -0.25) is 0 Å². The molecular formula is C15H30N2O2S. The molecule has 118 valence electrons. The van der Waals surface area contributed by atoms with Crippen LogP contribution in [0.5, 0.6) is 0 Å². The van der Waals surface area contributed by atoms with Crippen molar-refractivity contribution in [3.63, 3.8) is 0 Å². The molecule has 2 aliphatic rings. The van der Waals surface area contributed by atoms with E-state index in [-0.39, 0.29) is 16.6 Å². The summed E-state index contributed by atoms with van der Waals surface area (Å²) in [6.45, 7) is 10.4. The number of hydrogen-bond acceptors (Lipinski definition) is 3. The van der Waals surface area contributed by atoms with E-state index in [2.05, 4.69) is 37.7 Å². The van der Waals surface area contributed by atoms with Crippen LogP contribution in [0.15, 0.2) is 0 Å². The second-order valence-corrected chi connectivity index (χ2v) is 9.53. The topological polar surface area (TPSA) is 58.2 Å². The standard InChI is InChI=1S/C15H30N2O2S/c1-14(2)13(15(14,3)4)11-17-20(18,19)10-6-5-9-16-12-7-8-12/h12-13,16-17H,5-11H2,1-4H3. The van der Waals surface area contributed by atoms with Gasteiger partial charge in [-0.25, -0.2) is 13.1 Å². The zero-order chi connectivity index (χ0) is 15.0. The largest absolute Gasteiger partial charge is 0.314 e. The monoisotopic (exact) mass is 302 g/mol. The van der Waals surface area contributed by atoms with E-state index in [0.29, 0.717) is 18.5 Å². The average molecular weight is 302 g/mol. The molecule has 2 N–H and O–H groups in total. The highest BCUT2D eigenvalue weighted by Crippen LogP contribution is 2.67. The van der Waals surface area contributed by atoms with Crippen LogP contribution in [0.25, 0.3) is 0 Å². The summed E-state index contributed by atoms with van der Waals surface area (Å²) in [5.41, 5.74) is 0.480.